The van der Waals surface area contributed by atoms with Crippen molar-refractivity contribution < 1.29 is 0 Å². The number of aromatic nitrogens is 2. The fourth-order valence-electron chi connectivity index (χ4n) is 2.41. The molecule has 1 unspecified atom stereocenters. The van der Waals surface area contributed by atoms with Gasteiger partial charge in [-0.3, -0.25) is 0 Å². The van der Waals surface area contributed by atoms with E-state index in [1.54, 1.807) is 6.33 Å². The topological polar surface area (TPSA) is 53.1 Å². The molecule has 1 aromatic rings. The van der Waals surface area contributed by atoms with Crippen LogP contribution in [0.2, 0.25) is 0 Å². The van der Waals surface area contributed by atoms with Gasteiger partial charge in [-0.25, -0.2) is 9.97 Å². The summed E-state index contributed by atoms with van der Waals surface area (Å²) in [5.74, 6) is 1.95. The summed E-state index contributed by atoms with van der Waals surface area (Å²) in [5, 5.41) is 6.92. The zero-order valence-electron chi connectivity index (χ0n) is 10.9. The predicted octanol–water partition coefficient (Wildman–Crippen LogP) is 1.24. The molecule has 0 spiro atoms. The van der Waals surface area contributed by atoms with Gasteiger partial charge in [-0.15, -0.1) is 0 Å². The van der Waals surface area contributed by atoms with Gasteiger partial charge in [-0.2, -0.15) is 0 Å². The first-order valence-electron chi connectivity index (χ1n) is 6.84. The highest BCUT2D eigenvalue weighted by molar-refractivity contribution is 5.49. The third-order valence-electron chi connectivity index (χ3n) is 3.63. The minimum atomic E-state index is 0.602. The van der Waals surface area contributed by atoms with Crippen LogP contribution in [0.3, 0.4) is 0 Å². The summed E-state index contributed by atoms with van der Waals surface area (Å²) >= 11 is 0. The summed E-state index contributed by atoms with van der Waals surface area (Å²) in [6, 6.07) is 3.28. The highest BCUT2D eigenvalue weighted by atomic mass is 15.2. The van der Waals surface area contributed by atoms with Gasteiger partial charge in [0.25, 0.3) is 0 Å². The first-order valence-corrected chi connectivity index (χ1v) is 6.84. The molecule has 5 heteroatoms. The molecule has 1 saturated heterocycles. The van der Waals surface area contributed by atoms with E-state index in [4.69, 9.17) is 0 Å². The summed E-state index contributed by atoms with van der Waals surface area (Å²) < 4.78 is 0. The zero-order valence-corrected chi connectivity index (χ0v) is 10.9. The molecular weight excluding hydrogens is 226 g/mol. The Morgan fingerprint density at radius 1 is 1.39 bits per heavy atom. The molecule has 1 atom stereocenters. The third-order valence-corrected chi connectivity index (χ3v) is 3.63. The third kappa shape index (κ3) is 2.90. The van der Waals surface area contributed by atoms with Crippen molar-refractivity contribution in [3.05, 3.63) is 12.4 Å². The van der Waals surface area contributed by atoms with E-state index in [1.165, 1.54) is 25.7 Å². The Hall–Kier alpha value is -1.36. The van der Waals surface area contributed by atoms with Crippen LogP contribution in [0.15, 0.2) is 12.4 Å². The molecule has 0 bridgehead atoms. The van der Waals surface area contributed by atoms with Crippen LogP contribution in [0.4, 0.5) is 11.6 Å². The van der Waals surface area contributed by atoms with Crippen LogP contribution in [0.5, 0.6) is 0 Å². The minimum Gasteiger partial charge on any atom is -0.367 e. The quantitative estimate of drug-likeness (QED) is 0.820. The van der Waals surface area contributed by atoms with E-state index in [2.05, 4.69) is 32.5 Å². The normalized spacial score (nSPS) is 23.1. The van der Waals surface area contributed by atoms with Crippen molar-refractivity contribution in [2.75, 3.05) is 30.4 Å². The van der Waals surface area contributed by atoms with Crippen LogP contribution in [0.25, 0.3) is 0 Å². The molecule has 2 N–H and O–H groups in total. The van der Waals surface area contributed by atoms with Crippen molar-refractivity contribution in [1.29, 1.82) is 0 Å². The first-order chi connectivity index (χ1) is 8.81. The van der Waals surface area contributed by atoms with Gasteiger partial charge in [-0.05, 0) is 32.2 Å². The lowest BCUT2D eigenvalue weighted by atomic mass is 10.2. The van der Waals surface area contributed by atoms with Crippen molar-refractivity contribution in [2.45, 2.75) is 37.8 Å². The molecule has 5 nitrogen and oxygen atoms in total. The molecular formula is C13H21N5. The van der Waals surface area contributed by atoms with Crippen LogP contribution >= 0.6 is 0 Å². The maximum absolute atomic E-state index is 4.36. The molecule has 2 aliphatic rings. The van der Waals surface area contributed by atoms with Gasteiger partial charge in [0.2, 0.25) is 0 Å². The number of rotatable bonds is 5. The van der Waals surface area contributed by atoms with E-state index in [-0.39, 0.29) is 0 Å². The largest absolute Gasteiger partial charge is 0.367 e. The number of nitrogens with zero attached hydrogens (tertiary/aromatic N) is 3. The lowest BCUT2D eigenvalue weighted by molar-refractivity contribution is 0.597. The smallest absolute Gasteiger partial charge is 0.133 e. The molecule has 18 heavy (non-hydrogen) atoms. The summed E-state index contributed by atoms with van der Waals surface area (Å²) in [4.78, 5) is 10.8. The molecule has 1 saturated carbocycles. The first kappa shape index (κ1) is 11.7. The number of likely N-dealkylation sites (N-methyl/N-ethyl adjacent to an activating group) is 1. The molecule has 1 aromatic heterocycles. The van der Waals surface area contributed by atoms with Crippen LogP contribution in [-0.2, 0) is 0 Å². The molecule has 0 amide bonds. The zero-order chi connectivity index (χ0) is 12.4. The SMILES string of the molecule is CN(CC1CCCN1)c1cc(NC2CC2)ncn1. The molecule has 2 heterocycles. The Morgan fingerprint density at radius 3 is 3.00 bits per heavy atom. The van der Waals surface area contributed by atoms with Gasteiger partial charge in [0, 0.05) is 31.7 Å². The molecule has 1 aliphatic carbocycles. The van der Waals surface area contributed by atoms with Crippen molar-refractivity contribution in [2.24, 2.45) is 0 Å². The van der Waals surface area contributed by atoms with Gasteiger partial charge in [-0.1, -0.05) is 0 Å². The summed E-state index contributed by atoms with van der Waals surface area (Å²) in [6.07, 6.45) is 6.74. The van der Waals surface area contributed by atoms with Crippen molar-refractivity contribution in [3.8, 4) is 0 Å². The van der Waals surface area contributed by atoms with Gasteiger partial charge >= 0.3 is 0 Å². The minimum absolute atomic E-state index is 0.602. The van der Waals surface area contributed by atoms with E-state index < -0.39 is 0 Å². The molecule has 0 aromatic carbocycles. The second-order valence-corrected chi connectivity index (χ2v) is 5.35. The lowest BCUT2D eigenvalue weighted by Crippen LogP contribution is -2.35. The number of anilines is 2. The molecule has 98 valence electrons. The molecule has 1 aliphatic heterocycles. The average molecular weight is 247 g/mol. The molecule has 3 rings (SSSR count). The van der Waals surface area contributed by atoms with Crippen LogP contribution in [-0.4, -0.2) is 42.2 Å². The molecule has 2 fully saturated rings. The monoisotopic (exact) mass is 247 g/mol. The van der Waals surface area contributed by atoms with Gasteiger partial charge in [0.15, 0.2) is 0 Å². The summed E-state index contributed by atoms with van der Waals surface area (Å²) in [7, 11) is 2.10. The maximum Gasteiger partial charge on any atom is 0.133 e. The Labute approximate surface area is 108 Å². The van der Waals surface area contributed by atoms with E-state index in [9.17, 15) is 0 Å². The number of nitrogens with one attached hydrogen (secondary N) is 2. The number of hydrogen-bond donors (Lipinski definition) is 2. The van der Waals surface area contributed by atoms with Gasteiger partial charge < -0.3 is 15.5 Å². The van der Waals surface area contributed by atoms with Crippen molar-refractivity contribution in [1.82, 2.24) is 15.3 Å². The average Bonchev–Trinajstić information content (AvgIpc) is 3.04. The van der Waals surface area contributed by atoms with Crippen molar-refractivity contribution in [3.63, 3.8) is 0 Å². The Balaban J connectivity index is 1.62. The second kappa shape index (κ2) is 5.10. The Bertz CT molecular complexity index is 398. The maximum atomic E-state index is 4.36. The van der Waals surface area contributed by atoms with Gasteiger partial charge in [0.05, 0.1) is 0 Å². The van der Waals surface area contributed by atoms with Crippen LogP contribution < -0.4 is 15.5 Å². The second-order valence-electron chi connectivity index (χ2n) is 5.35. The van der Waals surface area contributed by atoms with E-state index in [0.717, 1.165) is 24.7 Å². The summed E-state index contributed by atoms with van der Waals surface area (Å²) in [6.45, 7) is 2.16. The van der Waals surface area contributed by atoms with Crippen LogP contribution in [0.1, 0.15) is 25.7 Å². The van der Waals surface area contributed by atoms with E-state index in [0.29, 0.717) is 12.1 Å². The standard InChI is InChI=1S/C13H21N5/c1-18(8-11-3-2-6-14-11)13-7-12(15-9-16-13)17-10-4-5-10/h7,9-11,14H,2-6,8H2,1H3,(H,15,16,17). The van der Waals surface area contributed by atoms with E-state index >= 15 is 0 Å². The highest BCUT2D eigenvalue weighted by Crippen LogP contribution is 2.24. The fraction of sp³-hybridized carbons (Fsp3) is 0.692. The Morgan fingerprint density at radius 2 is 2.28 bits per heavy atom. The van der Waals surface area contributed by atoms with E-state index in [1.807, 2.05) is 6.07 Å². The Kier molecular flexibility index (Phi) is 3.32. The summed E-state index contributed by atoms with van der Waals surface area (Å²) in [5.41, 5.74) is 0. The lowest BCUT2D eigenvalue weighted by Gasteiger charge is -2.22. The molecule has 0 radical (unpaired) electrons. The fourth-order valence-corrected chi connectivity index (χ4v) is 2.41. The number of hydrogen-bond acceptors (Lipinski definition) is 5. The van der Waals surface area contributed by atoms with Crippen LogP contribution in [0, 0.1) is 0 Å². The highest BCUT2D eigenvalue weighted by Gasteiger charge is 2.22. The predicted molar refractivity (Wildman–Crippen MR) is 73.0 cm³/mol. The van der Waals surface area contributed by atoms with Crippen molar-refractivity contribution >= 4 is 11.6 Å². The van der Waals surface area contributed by atoms with Gasteiger partial charge in [0.1, 0.15) is 18.0 Å².